The van der Waals surface area contributed by atoms with Crippen molar-refractivity contribution in [2.75, 3.05) is 13.2 Å². The normalized spacial score (nSPS) is 12.2. The Kier molecular flexibility index (Phi) is 7.98. The Hall–Kier alpha value is -1.42. The molecular formula is C17H26FNO2. The van der Waals surface area contributed by atoms with E-state index in [4.69, 9.17) is 0 Å². The van der Waals surface area contributed by atoms with Crippen molar-refractivity contribution < 1.29 is 14.3 Å². The van der Waals surface area contributed by atoms with E-state index >= 15 is 0 Å². The van der Waals surface area contributed by atoms with Crippen LogP contribution in [0, 0.1) is 5.82 Å². The summed E-state index contributed by atoms with van der Waals surface area (Å²) < 4.78 is 13.5. The van der Waals surface area contributed by atoms with Crippen molar-refractivity contribution >= 4 is 5.91 Å². The van der Waals surface area contributed by atoms with Crippen molar-refractivity contribution in [1.29, 1.82) is 0 Å². The van der Waals surface area contributed by atoms with E-state index in [1.807, 2.05) is 13.0 Å². The summed E-state index contributed by atoms with van der Waals surface area (Å²) in [7, 11) is 0. The predicted molar refractivity (Wildman–Crippen MR) is 82.5 cm³/mol. The molecule has 1 rings (SSSR count). The molecule has 0 aliphatic rings. The minimum atomic E-state index is -0.212. The molecule has 1 aromatic rings. The third-order valence-corrected chi connectivity index (χ3v) is 3.66. The summed E-state index contributed by atoms with van der Waals surface area (Å²) in [5.41, 5.74) is 0.653. The lowest BCUT2D eigenvalue weighted by Crippen LogP contribution is -2.41. The van der Waals surface area contributed by atoms with Crippen LogP contribution in [0.25, 0.3) is 0 Å². The van der Waals surface area contributed by atoms with Gasteiger partial charge in [-0.3, -0.25) is 4.79 Å². The lowest BCUT2D eigenvalue weighted by molar-refractivity contribution is -0.134. The van der Waals surface area contributed by atoms with E-state index < -0.39 is 0 Å². The maximum absolute atomic E-state index is 13.5. The van der Waals surface area contributed by atoms with Gasteiger partial charge in [-0.05, 0) is 37.8 Å². The van der Waals surface area contributed by atoms with Crippen molar-refractivity contribution in [3.8, 4) is 0 Å². The molecule has 0 aliphatic heterocycles. The van der Waals surface area contributed by atoms with Crippen LogP contribution in [0.2, 0.25) is 0 Å². The van der Waals surface area contributed by atoms with Gasteiger partial charge in [0, 0.05) is 13.0 Å². The summed E-state index contributed by atoms with van der Waals surface area (Å²) >= 11 is 0. The smallest absolute Gasteiger partial charge is 0.222 e. The van der Waals surface area contributed by atoms with E-state index in [0.717, 1.165) is 12.8 Å². The van der Waals surface area contributed by atoms with Crippen molar-refractivity contribution in [1.82, 2.24) is 4.90 Å². The van der Waals surface area contributed by atoms with Crippen LogP contribution < -0.4 is 0 Å². The van der Waals surface area contributed by atoms with E-state index in [1.54, 1.807) is 17.0 Å². The number of nitrogens with zero attached hydrogens (tertiary/aromatic N) is 1. The minimum Gasteiger partial charge on any atom is -0.394 e. The first-order chi connectivity index (χ1) is 10.1. The summed E-state index contributed by atoms with van der Waals surface area (Å²) in [6.07, 6.45) is 3.52. The van der Waals surface area contributed by atoms with Gasteiger partial charge >= 0.3 is 0 Å². The highest BCUT2D eigenvalue weighted by Gasteiger charge is 2.18. The fourth-order valence-corrected chi connectivity index (χ4v) is 2.29. The van der Waals surface area contributed by atoms with E-state index in [-0.39, 0.29) is 24.4 Å². The molecular weight excluding hydrogens is 269 g/mol. The molecule has 0 spiro atoms. The van der Waals surface area contributed by atoms with Crippen LogP contribution in [-0.2, 0) is 11.2 Å². The number of hydrogen-bond acceptors (Lipinski definition) is 2. The first-order valence-electron chi connectivity index (χ1n) is 7.73. The third kappa shape index (κ3) is 5.84. The number of aryl methyl sites for hydroxylation is 1. The number of amides is 1. The first kappa shape index (κ1) is 17.6. The first-order valence-corrected chi connectivity index (χ1v) is 7.73. The molecule has 0 saturated carbocycles. The van der Waals surface area contributed by atoms with Gasteiger partial charge in [0.1, 0.15) is 5.82 Å². The Morgan fingerprint density at radius 1 is 1.33 bits per heavy atom. The Labute approximate surface area is 126 Å². The van der Waals surface area contributed by atoms with Crippen LogP contribution in [-0.4, -0.2) is 35.1 Å². The number of benzene rings is 1. The Morgan fingerprint density at radius 2 is 2.05 bits per heavy atom. The van der Waals surface area contributed by atoms with E-state index in [1.165, 1.54) is 6.07 Å². The molecule has 0 heterocycles. The molecule has 0 aliphatic carbocycles. The van der Waals surface area contributed by atoms with E-state index in [2.05, 4.69) is 6.92 Å². The van der Waals surface area contributed by atoms with Crippen LogP contribution >= 0.6 is 0 Å². The SMILES string of the molecule is CCCCN(C(=O)CCCc1ccccc1F)[C@@H](C)CO. The number of halogens is 1. The molecule has 1 aromatic carbocycles. The molecule has 4 heteroatoms. The number of aliphatic hydroxyl groups is 1. The molecule has 118 valence electrons. The lowest BCUT2D eigenvalue weighted by Gasteiger charge is -2.28. The quantitative estimate of drug-likeness (QED) is 0.760. The van der Waals surface area contributed by atoms with Gasteiger partial charge in [-0.15, -0.1) is 0 Å². The van der Waals surface area contributed by atoms with Gasteiger partial charge in [0.25, 0.3) is 0 Å². The van der Waals surface area contributed by atoms with Crippen molar-refractivity contribution in [2.45, 2.75) is 52.0 Å². The van der Waals surface area contributed by atoms with Gasteiger partial charge in [0.2, 0.25) is 5.91 Å². The standard InChI is InChI=1S/C17H26FNO2/c1-3-4-12-19(14(2)13-20)17(21)11-7-9-15-8-5-6-10-16(15)18/h5-6,8,10,14,20H,3-4,7,9,11-13H2,1-2H3/t14-/m0/s1. The van der Waals surface area contributed by atoms with Crippen LogP contribution in [0.3, 0.4) is 0 Å². The molecule has 1 amide bonds. The molecule has 1 atom stereocenters. The van der Waals surface area contributed by atoms with Gasteiger partial charge in [-0.2, -0.15) is 0 Å². The molecule has 0 aromatic heterocycles. The van der Waals surface area contributed by atoms with Crippen LogP contribution in [0.1, 0.15) is 45.1 Å². The third-order valence-electron chi connectivity index (χ3n) is 3.66. The molecule has 3 nitrogen and oxygen atoms in total. The largest absolute Gasteiger partial charge is 0.394 e. The highest BCUT2D eigenvalue weighted by atomic mass is 19.1. The van der Waals surface area contributed by atoms with Crippen molar-refractivity contribution in [3.63, 3.8) is 0 Å². The number of carbonyl (C=O) groups excluding carboxylic acids is 1. The number of aliphatic hydroxyl groups excluding tert-OH is 1. The molecule has 0 bridgehead atoms. The summed E-state index contributed by atoms with van der Waals surface area (Å²) in [6.45, 7) is 4.58. The average Bonchev–Trinajstić information content (AvgIpc) is 2.49. The van der Waals surface area contributed by atoms with Gasteiger partial charge in [-0.1, -0.05) is 31.5 Å². The van der Waals surface area contributed by atoms with Crippen LogP contribution in [0.5, 0.6) is 0 Å². The average molecular weight is 295 g/mol. The van der Waals surface area contributed by atoms with E-state index in [0.29, 0.717) is 31.4 Å². The second-order valence-corrected chi connectivity index (χ2v) is 5.42. The minimum absolute atomic E-state index is 0.0250. The predicted octanol–water partition coefficient (Wildman–Crippen LogP) is 3.16. The summed E-state index contributed by atoms with van der Waals surface area (Å²) in [4.78, 5) is 14.0. The number of unbranched alkanes of at least 4 members (excludes halogenated alkanes) is 1. The van der Waals surface area contributed by atoms with Crippen molar-refractivity contribution in [3.05, 3.63) is 35.6 Å². The van der Waals surface area contributed by atoms with Crippen LogP contribution in [0.4, 0.5) is 4.39 Å². The van der Waals surface area contributed by atoms with Gasteiger partial charge < -0.3 is 10.0 Å². The molecule has 1 N–H and O–H groups in total. The second-order valence-electron chi connectivity index (χ2n) is 5.42. The maximum Gasteiger partial charge on any atom is 0.222 e. The molecule has 0 saturated heterocycles. The Morgan fingerprint density at radius 3 is 2.67 bits per heavy atom. The zero-order chi connectivity index (χ0) is 15.7. The summed E-state index contributed by atoms with van der Waals surface area (Å²) in [5, 5.41) is 9.25. The summed E-state index contributed by atoms with van der Waals surface area (Å²) in [5.74, 6) is -0.169. The van der Waals surface area contributed by atoms with Crippen LogP contribution in [0.15, 0.2) is 24.3 Å². The zero-order valence-corrected chi connectivity index (χ0v) is 13.0. The van der Waals surface area contributed by atoms with E-state index in [9.17, 15) is 14.3 Å². The van der Waals surface area contributed by atoms with Gasteiger partial charge in [0.15, 0.2) is 0 Å². The highest BCUT2D eigenvalue weighted by molar-refractivity contribution is 5.76. The number of hydrogen-bond donors (Lipinski definition) is 1. The number of rotatable bonds is 9. The van der Waals surface area contributed by atoms with Gasteiger partial charge in [-0.25, -0.2) is 4.39 Å². The molecule has 0 fully saturated rings. The number of carbonyl (C=O) groups is 1. The Balaban J connectivity index is 2.48. The fraction of sp³-hybridized carbons (Fsp3) is 0.588. The molecule has 0 radical (unpaired) electrons. The Bertz CT molecular complexity index is 437. The monoisotopic (exact) mass is 295 g/mol. The fourth-order valence-electron chi connectivity index (χ4n) is 2.29. The second kappa shape index (κ2) is 9.50. The molecule has 21 heavy (non-hydrogen) atoms. The lowest BCUT2D eigenvalue weighted by atomic mass is 10.1. The van der Waals surface area contributed by atoms with Gasteiger partial charge in [0.05, 0.1) is 12.6 Å². The topological polar surface area (TPSA) is 40.5 Å². The molecule has 0 unspecified atom stereocenters. The highest BCUT2D eigenvalue weighted by Crippen LogP contribution is 2.12. The summed E-state index contributed by atoms with van der Waals surface area (Å²) in [6, 6.07) is 6.52. The van der Waals surface area contributed by atoms with Crippen molar-refractivity contribution in [2.24, 2.45) is 0 Å². The maximum atomic E-state index is 13.5. The zero-order valence-electron chi connectivity index (χ0n) is 13.0.